The van der Waals surface area contributed by atoms with E-state index in [0.717, 1.165) is 15.7 Å². The topological polar surface area (TPSA) is 20.3 Å². The summed E-state index contributed by atoms with van der Waals surface area (Å²) in [6, 6.07) is 5.90. The number of amides is 1. The van der Waals surface area contributed by atoms with E-state index in [4.69, 9.17) is 11.6 Å². The lowest BCUT2D eigenvalue weighted by Crippen LogP contribution is -2.25. The number of halogens is 2. The number of nitrogens with zero attached hydrogens (tertiary/aromatic N) is 1. The van der Waals surface area contributed by atoms with Crippen molar-refractivity contribution in [3.63, 3.8) is 0 Å². The van der Waals surface area contributed by atoms with Gasteiger partial charge in [-0.1, -0.05) is 12.1 Å². The summed E-state index contributed by atoms with van der Waals surface area (Å²) in [4.78, 5) is 13.5. The number of rotatable bonds is 1. The fourth-order valence-electron chi connectivity index (χ4n) is 1.85. The van der Waals surface area contributed by atoms with Crippen molar-refractivity contribution in [3.05, 3.63) is 28.2 Å². The van der Waals surface area contributed by atoms with Gasteiger partial charge in [-0.3, -0.25) is 4.79 Å². The Hall–Kier alpha value is -0.540. The average Bonchev–Trinajstić information content (AvgIpc) is 2.45. The molecule has 1 saturated heterocycles. The van der Waals surface area contributed by atoms with E-state index in [1.165, 1.54) is 0 Å². The molecule has 0 bridgehead atoms. The Balaban J connectivity index is 2.41. The van der Waals surface area contributed by atoms with E-state index >= 15 is 0 Å². The molecule has 0 aromatic heterocycles. The highest BCUT2D eigenvalue weighted by atomic mass is 79.9. The Morgan fingerprint density at radius 1 is 1.53 bits per heavy atom. The molecule has 1 amide bonds. The van der Waals surface area contributed by atoms with Gasteiger partial charge >= 0.3 is 0 Å². The standard InChI is InChI=1S/C11H11BrClNO/c1-7-3-2-4-9(12)11(7)14-6-8(13)5-10(14)15/h2-4,8H,5-6H2,1H3. The number of benzene rings is 1. The molecule has 0 saturated carbocycles. The average molecular weight is 289 g/mol. The van der Waals surface area contributed by atoms with E-state index in [9.17, 15) is 4.79 Å². The van der Waals surface area contributed by atoms with Gasteiger partial charge in [0.25, 0.3) is 0 Å². The fraction of sp³-hybridized carbons (Fsp3) is 0.364. The maximum absolute atomic E-state index is 11.7. The van der Waals surface area contributed by atoms with Crippen LogP contribution in [0.3, 0.4) is 0 Å². The summed E-state index contributed by atoms with van der Waals surface area (Å²) in [5.41, 5.74) is 2.04. The number of carbonyl (C=O) groups is 1. The molecule has 0 aliphatic carbocycles. The van der Waals surface area contributed by atoms with Crippen molar-refractivity contribution in [3.8, 4) is 0 Å². The smallest absolute Gasteiger partial charge is 0.228 e. The monoisotopic (exact) mass is 287 g/mol. The highest BCUT2D eigenvalue weighted by molar-refractivity contribution is 9.10. The van der Waals surface area contributed by atoms with Crippen LogP contribution in [0.1, 0.15) is 12.0 Å². The Bertz CT molecular complexity index is 387. The summed E-state index contributed by atoms with van der Waals surface area (Å²) < 4.78 is 0.946. The van der Waals surface area contributed by atoms with Crippen LogP contribution in [-0.2, 0) is 4.79 Å². The van der Waals surface area contributed by atoms with Crippen molar-refractivity contribution in [1.82, 2.24) is 0 Å². The second-order valence-corrected chi connectivity index (χ2v) is 5.18. The van der Waals surface area contributed by atoms with Crippen molar-refractivity contribution in [2.45, 2.75) is 18.7 Å². The summed E-state index contributed by atoms with van der Waals surface area (Å²) in [5.74, 6) is 0.102. The lowest BCUT2D eigenvalue weighted by Gasteiger charge is -2.19. The van der Waals surface area contributed by atoms with Crippen molar-refractivity contribution < 1.29 is 4.79 Å². The van der Waals surface area contributed by atoms with Crippen LogP contribution < -0.4 is 4.90 Å². The SMILES string of the molecule is Cc1cccc(Br)c1N1CC(Cl)CC1=O. The molecule has 1 aliphatic rings. The van der Waals surface area contributed by atoms with Crippen molar-refractivity contribution >= 4 is 39.1 Å². The maximum atomic E-state index is 11.7. The molecule has 2 rings (SSSR count). The normalized spacial score (nSPS) is 21.1. The molecule has 1 fully saturated rings. The first-order chi connectivity index (χ1) is 7.09. The second-order valence-electron chi connectivity index (χ2n) is 3.71. The minimum atomic E-state index is -0.0657. The lowest BCUT2D eigenvalue weighted by molar-refractivity contribution is -0.117. The van der Waals surface area contributed by atoms with Crippen LogP contribution in [0.15, 0.2) is 22.7 Å². The Morgan fingerprint density at radius 2 is 2.27 bits per heavy atom. The van der Waals surface area contributed by atoms with Gasteiger partial charge in [0.15, 0.2) is 0 Å². The number of aryl methyl sites for hydroxylation is 1. The molecule has 1 aliphatic heterocycles. The van der Waals surface area contributed by atoms with Gasteiger partial charge in [-0.05, 0) is 34.5 Å². The number of anilines is 1. The van der Waals surface area contributed by atoms with Gasteiger partial charge in [-0.25, -0.2) is 0 Å². The highest BCUT2D eigenvalue weighted by Crippen LogP contribution is 2.33. The third-order valence-corrected chi connectivity index (χ3v) is 3.47. The van der Waals surface area contributed by atoms with Gasteiger partial charge in [-0.2, -0.15) is 0 Å². The lowest BCUT2D eigenvalue weighted by atomic mass is 10.2. The second kappa shape index (κ2) is 4.14. The van der Waals surface area contributed by atoms with Gasteiger partial charge in [0.05, 0.1) is 11.1 Å². The van der Waals surface area contributed by atoms with Crippen LogP contribution >= 0.6 is 27.5 Å². The van der Waals surface area contributed by atoms with Gasteiger partial charge in [0.2, 0.25) is 5.91 Å². The summed E-state index contributed by atoms with van der Waals surface area (Å²) in [5, 5.41) is -0.0657. The zero-order valence-corrected chi connectivity index (χ0v) is 10.7. The molecular weight excluding hydrogens is 277 g/mol. The maximum Gasteiger partial charge on any atom is 0.228 e. The number of carbonyl (C=O) groups excluding carboxylic acids is 1. The predicted molar refractivity (Wildman–Crippen MR) is 65.5 cm³/mol. The molecule has 80 valence electrons. The molecule has 15 heavy (non-hydrogen) atoms. The summed E-state index contributed by atoms with van der Waals surface area (Å²) in [6.45, 7) is 2.60. The summed E-state index contributed by atoms with van der Waals surface area (Å²) in [7, 11) is 0. The molecule has 1 atom stereocenters. The van der Waals surface area contributed by atoms with Crippen molar-refractivity contribution in [2.75, 3.05) is 11.4 Å². The van der Waals surface area contributed by atoms with E-state index in [-0.39, 0.29) is 11.3 Å². The molecule has 2 nitrogen and oxygen atoms in total. The van der Waals surface area contributed by atoms with E-state index in [1.54, 1.807) is 4.90 Å². The zero-order chi connectivity index (χ0) is 11.0. The minimum absolute atomic E-state index is 0.0657. The number of para-hydroxylation sites is 1. The molecule has 0 radical (unpaired) electrons. The Labute approximate surface area is 102 Å². The quantitative estimate of drug-likeness (QED) is 0.727. The van der Waals surface area contributed by atoms with Gasteiger partial charge in [0.1, 0.15) is 0 Å². The first-order valence-corrected chi connectivity index (χ1v) is 6.02. The van der Waals surface area contributed by atoms with Gasteiger partial charge in [-0.15, -0.1) is 11.6 Å². The molecule has 1 aromatic rings. The van der Waals surface area contributed by atoms with E-state index in [2.05, 4.69) is 15.9 Å². The Kier molecular flexibility index (Phi) is 3.03. The summed E-state index contributed by atoms with van der Waals surface area (Å²) in [6.07, 6.45) is 0.433. The summed E-state index contributed by atoms with van der Waals surface area (Å²) >= 11 is 9.45. The number of hydrogen-bond acceptors (Lipinski definition) is 1. The van der Waals surface area contributed by atoms with Crippen LogP contribution in [0.4, 0.5) is 5.69 Å². The van der Waals surface area contributed by atoms with Crippen LogP contribution in [0.2, 0.25) is 0 Å². The first-order valence-electron chi connectivity index (χ1n) is 4.79. The molecule has 1 heterocycles. The first kappa shape index (κ1) is 11.0. The third-order valence-electron chi connectivity index (χ3n) is 2.54. The molecule has 4 heteroatoms. The van der Waals surface area contributed by atoms with Crippen LogP contribution in [-0.4, -0.2) is 17.8 Å². The molecule has 1 unspecified atom stereocenters. The number of alkyl halides is 1. The zero-order valence-electron chi connectivity index (χ0n) is 8.34. The van der Waals surface area contributed by atoms with Crippen LogP contribution in [0.5, 0.6) is 0 Å². The molecule has 1 aromatic carbocycles. The van der Waals surface area contributed by atoms with E-state index in [0.29, 0.717) is 13.0 Å². The minimum Gasteiger partial charge on any atom is -0.309 e. The molecule has 0 N–H and O–H groups in total. The third kappa shape index (κ3) is 2.04. The van der Waals surface area contributed by atoms with Crippen molar-refractivity contribution in [2.24, 2.45) is 0 Å². The Morgan fingerprint density at radius 3 is 2.80 bits per heavy atom. The van der Waals surface area contributed by atoms with Gasteiger partial charge in [0, 0.05) is 17.4 Å². The highest BCUT2D eigenvalue weighted by Gasteiger charge is 2.30. The van der Waals surface area contributed by atoms with E-state index < -0.39 is 0 Å². The molecular formula is C11H11BrClNO. The predicted octanol–water partition coefficient (Wildman–Crippen LogP) is 3.10. The van der Waals surface area contributed by atoms with Crippen LogP contribution in [0, 0.1) is 6.92 Å². The van der Waals surface area contributed by atoms with Crippen LogP contribution in [0.25, 0.3) is 0 Å². The number of hydrogen-bond donors (Lipinski definition) is 0. The van der Waals surface area contributed by atoms with Crippen molar-refractivity contribution in [1.29, 1.82) is 0 Å². The largest absolute Gasteiger partial charge is 0.309 e. The molecule has 0 spiro atoms. The van der Waals surface area contributed by atoms with E-state index in [1.807, 2.05) is 25.1 Å². The fourth-order valence-corrected chi connectivity index (χ4v) is 2.79. The van der Waals surface area contributed by atoms with Gasteiger partial charge < -0.3 is 4.90 Å².